The Hall–Kier alpha value is -1.88. The number of hydrogen-bond acceptors (Lipinski definition) is 5. The predicted octanol–water partition coefficient (Wildman–Crippen LogP) is 2.29. The molecule has 2 aromatic rings. The van der Waals surface area contributed by atoms with E-state index in [1.54, 1.807) is 7.11 Å². The van der Waals surface area contributed by atoms with Gasteiger partial charge < -0.3 is 14.5 Å². The van der Waals surface area contributed by atoms with Gasteiger partial charge in [-0.2, -0.15) is 0 Å². The summed E-state index contributed by atoms with van der Waals surface area (Å²) in [5.41, 5.74) is 0.904. The van der Waals surface area contributed by atoms with Crippen LogP contribution in [0.15, 0.2) is 28.7 Å². The molecule has 0 bridgehead atoms. The number of methoxy groups -OCH3 is 1. The molecule has 0 saturated heterocycles. The van der Waals surface area contributed by atoms with E-state index >= 15 is 0 Å². The van der Waals surface area contributed by atoms with Crippen molar-refractivity contribution in [2.24, 2.45) is 0 Å². The fraction of sp³-hybridized carbons (Fsp3) is 0.429. The zero-order valence-corrected chi connectivity index (χ0v) is 11.3. The summed E-state index contributed by atoms with van der Waals surface area (Å²) in [6.45, 7) is 4.01. The maximum atomic E-state index is 5.62. The first-order valence-electron chi connectivity index (χ1n) is 6.51. The predicted molar refractivity (Wildman–Crippen MR) is 73.2 cm³/mol. The molecule has 0 aliphatic rings. The van der Waals surface area contributed by atoms with E-state index in [1.165, 1.54) is 0 Å². The number of benzene rings is 1. The number of nitrogens with zero attached hydrogens (tertiary/aromatic N) is 2. The molecule has 0 atom stereocenters. The van der Waals surface area contributed by atoms with Gasteiger partial charge in [0.25, 0.3) is 0 Å². The van der Waals surface area contributed by atoms with Gasteiger partial charge in [0, 0.05) is 18.5 Å². The highest BCUT2D eigenvalue weighted by Crippen LogP contribution is 2.21. The lowest BCUT2D eigenvalue weighted by Crippen LogP contribution is -2.17. The van der Waals surface area contributed by atoms with Crippen molar-refractivity contribution < 1.29 is 9.15 Å². The zero-order chi connectivity index (χ0) is 13.5. The number of rotatable bonds is 7. The monoisotopic (exact) mass is 261 g/mol. The van der Waals surface area contributed by atoms with Gasteiger partial charge in [-0.1, -0.05) is 6.92 Å². The summed E-state index contributed by atoms with van der Waals surface area (Å²) < 4.78 is 10.7. The standard InChI is InChI=1S/C14H19N3O2/c1-3-9-15-10-8-13-16-17-14(19-13)11-4-6-12(18-2)7-5-11/h4-7,15H,3,8-10H2,1-2H3. The maximum absolute atomic E-state index is 5.62. The molecule has 102 valence electrons. The van der Waals surface area contributed by atoms with Crippen molar-refractivity contribution >= 4 is 0 Å². The van der Waals surface area contributed by atoms with Crippen LogP contribution in [0.25, 0.3) is 11.5 Å². The van der Waals surface area contributed by atoms with Crippen LogP contribution in [0.3, 0.4) is 0 Å². The number of ether oxygens (including phenoxy) is 1. The van der Waals surface area contributed by atoms with Crippen molar-refractivity contribution in [2.75, 3.05) is 20.2 Å². The highest BCUT2D eigenvalue weighted by Gasteiger charge is 2.08. The van der Waals surface area contributed by atoms with E-state index in [-0.39, 0.29) is 0 Å². The van der Waals surface area contributed by atoms with Gasteiger partial charge in [-0.25, -0.2) is 0 Å². The molecular formula is C14H19N3O2. The van der Waals surface area contributed by atoms with Crippen LogP contribution in [-0.2, 0) is 6.42 Å². The first-order chi connectivity index (χ1) is 9.33. The summed E-state index contributed by atoms with van der Waals surface area (Å²) in [4.78, 5) is 0. The molecule has 0 spiro atoms. The minimum absolute atomic E-state index is 0.549. The van der Waals surface area contributed by atoms with Crippen molar-refractivity contribution in [1.29, 1.82) is 0 Å². The van der Waals surface area contributed by atoms with Gasteiger partial charge in [0.05, 0.1) is 7.11 Å². The fourth-order valence-corrected chi connectivity index (χ4v) is 1.70. The highest BCUT2D eigenvalue weighted by molar-refractivity contribution is 5.53. The van der Waals surface area contributed by atoms with Crippen LogP contribution in [0.1, 0.15) is 19.2 Å². The van der Waals surface area contributed by atoms with Gasteiger partial charge in [0.2, 0.25) is 11.8 Å². The fourth-order valence-electron chi connectivity index (χ4n) is 1.70. The van der Waals surface area contributed by atoms with Crippen molar-refractivity contribution in [3.63, 3.8) is 0 Å². The van der Waals surface area contributed by atoms with Crippen LogP contribution in [-0.4, -0.2) is 30.4 Å². The molecule has 0 fully saturated rings. The molecule has 5 heteroatoms. The Balaban J connectivity index is 1.95. The van der Waals surface area contributed by atoms with Crippen molar-refractivity contribution in [3.05, 3.63) is 30.2 Å². The van der Waals surface area contributed by atoms with Gasteiger partial charge in [0.15, 0.2) is 0 Å². The Morgan fingerprint density at radius 3 is 2.63 bits per heavy atom. The van der Waals surface area contributed by atoms with Gasteiger partial charge in [-0.05, 0) is 37.2 Å². The van der Waals surface area contributed by atoms with E-state index in [0.29, 0.717) is 11.8 Å². The van der Waals surface area contributed by atoms with Gasteiger partial charge in [0.1, 0.15) is 5.75 Å². The summed E-state index contributed by atoms with van der Waals surface area (Å²) in [5, 5.41) is 11.4. The van der Waals surface area contributed by atoms with E-state index < -0.39 is 0 Å². The molecule has 2 rings (SSSR count). The lowest BCUT2D eigenvalue weighted by atomic mass is 10.2. The lowest BCUT2D eigenvalue weighted by Gasteiger charge is -2.00. The third-order valence-corrected chi connectivity index (χ3v) is 2.75. The van der Waals surface area contributed by atoms with Crippen LogP contribution >= 0.6 is 0 Å². The third-order valence-electron chi connectivity index (χ3n) is 2.75. The van der Waals surface area contributed by atoms with Crippen LogP contribution < -0.4 is 10.1 Å². The minimum Gasteiger partial charge on any atom is -0.497 e. The smallest absolute Gasteiger partial charge is 0.247 e. The molecule has 19 heavy (non-hydrogen) atoms. The van der Waals surface area contributed by atoms with E-state index in [4.69, 9.17) is 9.15 Å². The molecule has 1 aromatic carbocycles. The summed E-state index contributed by atoms with van der Waals surface area (Å²) >= 11 is 0. The summed E-state index contributed by atoms with van der Waals surface area (Å²) in [7, 11) is 1.64. The van der Waals surface area contributed by atoms with E-state index in [9.17, 15) is 0 Å². The molecule has 0 aliphatic heterocycles. The average molecular weight is 261 g/mol. The van der Waals surface area contributed by atoms with Crippen LogP contribution in [0, 0.1) is 0 Å². The zero-order valence-electron chi connectivity index (χ0n) is 11.3. The van der Waals surface area contributed by atoms with Crippen LogP contribution in [0.5, 0.6) is 5.75 Å². The first-order valence-corrected chi connectivity index (χ1v) is 6.51. The Bertz CT molecular complexity index is 494. The second-order valence-electron chi connectivity index (χ2n) is 4.23. The normalized spacial score (nSPS) is 10.6. The quantitative estimate of drug-likeness (QED) is 0.775. The molecule has 1 aromatic heterocycles. The molecular weight excluding hydrogens is 242 g/mol. The first kappa shape index (κ1) is 13.5. The summed E-state index contributed by atoms with van der Waals surface area (Å²) in [5.74, 6) is 2.02. The molecule has 0 amide bonds. The number of nitrogens with one attached hydrogen (secondary N) is 1. The number of hydrogen-bond donors (Lipinski definition) is 1. The lowest BCUT2D eigenvalue weighted by molar-refractivity contribution is 0.415. The van der Waals surface area contributed by atoms with Crippen molar-refractivity contribution in [2.45, 2.75) is 19.8 Å². The van der Waals surface area contributed by atoms with E-state index in [1.807, 2.05) is 24.3 Å². The van der Waals surface area contributed by atoms with E-state index in [2.05, 4.69) is 22.4 Å². The molecule has 0 saturated carbocycles. The third kappa shape index (κ3) is 3.79. The van der Waals surface area contributed by atoms with Crippen LogP contribution in [0.2, 0.25) is 0 Å². The van der Waals surface area contributed by atoms with Gasteiger partial charge in [-0.15, -0.1) is 10.2 Å². The number of aromatic nitrogens is 2. The van der Waals surface area contributed by atoms with E-state index in [0.717, 1.165) is 37.2 Å². The Morgan fingerprint density at radius 2 is 1.95 bits per heavy atom. The second-order valence-corrected chi connectivity index (χ2v) is 4.23. The topological polar surface area (TPSA) is 60.2 Å². The van der Waals surface area contributed by atoms with Gasteiger partial charge in [-0.3, -0.25) is 0 Å². The Morgan fingerprint density at radius 1 is 1.16 bits per heavy atom. The minimum atomic E-state index is 0.549. The van der Waals surface area contributed by atoms with Crippen molar-refractivity contribution in [3.8, 4) is 17.2 Å². The molecule has 0 aliphatic carbocycles. The molecule has 0 radical (unpaired) electrons. The SMILES string of the molecule is CCCNCCc1nnc(-c2ccc(OC)cc2)o1. The maximum Gasteiger partial charge on any atom is 0.247 e. The van der Waals surface area contributed by atoms with Crippen LogP contribution in [0.4, 0.5) is 0 Å². The summed E-state index contributed by atoms with van der Waals surface area (Å²) in [6, 6.07) is 7.57. The molecule has 0 unspecified atom stereocenters. The Labute approximate surface area is 113 Å². The molecule has 5 nitrogen and oxygen atoms in total. The molecule has 1 N–H and O–H groups in total. The molecule has 1 heterocycles. The average Bonchev–Trinajstić information content (AvgIpc) is 2.92. The summed E-state index contributed by atoms with van der Waals surface area (Å²) in [6.07, 6.45) is 1.88. The van der Waals surface area contributed by atoms with Gasteiger partial charge >= 0.3 is 0 Å². The largest absolute Gasteiger partial charge is 0.497 e. The second kappa shape index (κ2) is 6.89. The van der Waals surface area contributed by atoms with Crippen molar-refractivity contribution in [1.82, 2.24) is 15.5 Å². The Kier molecular flexibility index (Phi) is 4.92. The highest BCUT2D eigenvalue weighted by atomic mass is 16.5.